The second-order valence-corrected chi connectivity index (χ2v) is 5.13. The van der Waals surface area contributed by atoms with E-state index >= 15 is 0 Å². The Bertz CT molecular complexity index is 421. The summed E-state index contributed by atoms with van der Waals surface area (Å²) in [6, 6.07) is 0. The summed E-state index contributed by atoms with van der Waals surface area (Å²) < 4.78 is 1.88. The van der Waals surface area contributed by atoms with Gasteiger partial charge in [-0.05, 0) is 39.8 Å². The third kappa shape index (κ3) is 2.53. The van der Waals surface area contributed by atoms with Gasteiger partial charge in [0.2, 0.25) is 0 Å². The molecular weight excluding hydrogens is 232 g/mol. The van der Waals surface area contributed by atoms with Crippen LogP contribution in [0.2, 0.25) is 0 Å². The van der Waals surface area contributed by atoms with Crippen molar-refractivity contribution in [1.29, 1.82) is 0 Å². The molecule has 1 aromatic heterocycles. The first-order chi connectivity index (χ1) is 8.55. The quantitative estimate of drug-likeness (QED) is 0.865. The maximum atomic E-state index is 11.2. The first-order valence-electron chi connectivity index (χ1n) is 6.37. The van der Waals surface area contributed by atoms with Crippen LogP contribution in [0.5, 0.6) is 0 Å². The van der Waals surface area contributed by atoms with Crippen LogP contribution in [0.4, 0.5) is 0 Å². The molecule has 0 atom stereocenters. The Morgan fingerprint density at radius 1 is 1.50 bits per heavy atom. The Labute approximate surface area is 107 Å². The lowest BCUT2D eigenvalue weighted by atomic mass is 9.80. The third-order valence-corrected chi connectivity index (χ3v) is 3.84. The molecule has 0 saturated carbocycles. The van der Waals surface area contributed by atoms with Gasteiger partial charge >= 0.3 is 5.97 Å². The number of rotatable bonds is 4. The molecule has 0 radical (unpaired) electrons. The van der Waals surface area contributed by atoms with Crippen molar-refractivity contribution in [2.24, 2.45) is 5.41 Å². The summed E-state index contributed by atoms with van der Waals surface area (Å²) in [5.74, 6) is 0.273. The molecule has 100 valence electrons. The fourth-order valence-electron chi connectivity index (χ4n) is 2.29. The van der Waals surface area contributed by atoms with E-state index in [0.717, 1.165) is 32.0 Å². The van der Waals surface area contributed by atoms with Gasteiger partial charge in [-0.2, -0.15) is 5.10 Å². The van der Waals surface area contributed by atoms with Crippen molar-refractivity contribution in [1.82, 2.24) is 19.7 Å². The van der Waals surface area contributed by atoms with Crippen LogP contribution in [0, 0.1) is 5.41 Å². The first-order valence-corrected chi connectivity index (χ1v) is 6.37. The normalized spacial score (nSPS) is 19.9. The number of likely N-dealkylation sites (tertiary alicyclic amines) is 1. The number of hydrogen-bond acceptors (Lipinski definition) is 4. The minimum absolute atomic E-state index is 0.561. The molecule has 6 heteroatoms. The van der Waals surface area contributed by atoms with Crippen LogP contribution in [0.1, 0.15) is 32.5 Å². The van der Waals surface area contributed by atoms with Gasteiger partial charge in [-0.1, -0.05) is 0 Å². The zero-order valence-electron chi connectivity index (χ0n) is 11.0. The van der Waals surface area contributed by atoms with Crippen LogP contribution >= 0.6 is 0 Å². The molecule has 1 aliphatic rings. The van der Waals surface area contributed by atoms with Crippen molar-refractivity contribution in [2.75, 3.05) is 13.1 Å². The lowest BCUT2D eigenvalue weighted by Gasteiger charge is -2.36. The summed E-state index contributed by atoms with van der Waals surface area (Å²) in [6.07, 6.45) is 2.97. The van der Waals surface area contributed by atoms with Gasteiger partial charge in [-0.25, -0.2) is 9.67 Å². The van der Waals surface area contributed by atoms with Crippen LogP contribution < -0.4 is 0 Å². The van der Waals surface area contributed by atoms with Gasteiger partial charge in [-0.3, -0.25) is 9.69 Å². The Morgan fingerprint density at radius 3 is 2.72 bits per heavy atom. The number of carboxylic acid groups (broad SMARTS) is 1. The first kappa shape index (κ1) is 13.0. The van der Waals surface area contributed by atoms with Crippen molar-refractivity contribution in [3.63, 3.8) is 0 Å². The molecule has 0 aromatic carbocycles. The average molecular weight is 252 g/mol. The van der Waals surface area contributed by atoms with Crippen molar-refractivity contribution in [3.8, 4) is 0 Å². The summed E-state index contributed by atoms with van der Waals surface area (Å²) in [7, 11) is 0. The minimum Gasteiger partial charge on any atom is -0.481 e. The summed E-state index contributed by atoms with van der Waals surface area (Å²) >= 11 is 0. The third-order valence-electron chi connectivity index (χ3n) is 3.84. The number of carbonyl (C=O) groups is 1. The summed E-state index contributed by atoms with van der Waals surface area (Å²) in [6.45, 7) is 7.05. The molecule has 6 nitrogen and oxygen atoms in total. The standard InChI is InChI=1S/C12H20N4O2/c1-3-16-10(13-9-14-16)8-15-6-4-12(2,5-7-15)11(17)18/h9H,3-8H2,1-2H3,(H,17,18). The van der Waals surface area contributed by atoms with E-state index in [2.05, 4.69) is 15.0 Å². The molecule has 1 fully saturated rings. The highest BCUT2D eigenvalue weighted by Crippen LogP contribution is 2.31. The smallest absolute Gasteiger partial charge is 0.309 e. The van der Waals surface area contributed by atoms with E-state index in [9.17, 15) is 9.90 Å². The number of nitrogens with zero attached hydrogens (tertiary/aromatic N) is 4. The van der Waals surface area contributed by atoms with Gasteiger partial charge in [0.1, 0.15) is 12.2 Å². The summed E-state index contributed by atoms with van der Waals surface area (Å²) in [5.41, 5.74) is -0.561. The molecule has 1 aliphatic heterocycles. The molecule has 1 saturated heterocycles. The van der Waals surface area contributed by atoms with Gasteiger partial charge in [-0.15, -0.1) is 0 Å². The van der Waals surface area contributed by atoms with E-state index in [1.54, 1.807) is 6.33 Å². The van der Waals surface area contributed by atoms with E-state index in [-0.39, 0.29) is 0 Å². The maximum absolute atomic E-state index is 11.2. The highest BCUT2D eigenvalue weighted by atomic mass is 16.4. The van der Waals surface area contributed by atoms with Crippen LogP contribution in [0.25, 0.3) is 0 Å². The SMILES string of the molecule is CCn1ncnc1CN1CCC(C)(C(=O)O)CC1. The van der Waals surface area contributed by atoms with Crippen molar-refractivity contribution >= 4 is 5.97 Å². The summed E-state index contributed by atoms with van der Waals surface area (Å²) in [5, 5.41) is 13.3. The highest BCUT2D eigenvalue weighted by Gasteiger charge is 2.36. The number of aromatic nitrogens is 3. The molecule has 18 heavy (non-hydrogen) atoms. The van der Waals surface area contributed by atoms with Crippen molar-refractivity contribution in [3.05, 3.63) is 12.2 Å². The number of carboxylic acids is 1. The highest BCUT2D eigenvalue weighted by molar-refractivity contribution is 5.74. The number of hydrogen-bond donors (Lipinski definition) is 1. The number of piperidine rings is 1. The van der Waals surface area contributed by atoms with Gasteiger partial charge in [0.25, 0.3) is 0 Å². The fraction of sp³-hybridized carbons (Fsp3) is 0.750. The molecule has 0 spiro atoms. The van der Waals surface area contributed by atoms with Gasteiger partial charge < -0.3 is 5.11 Å². The number of aryl methyl sites for hydroxylation is 1. The lowest BCUT2D eigenvalue weighted by molar-refractivity contribution is -0.150. The predicted molar refractivity (Wildman–Crippen MR) is 65.9 cm³/mol. The molecule has 2 heterocycles. The predicted octanol–water partition coefficient (Wildman–Crippen LogP) is 0.985. The fourth-order valence-corrected chi connectivity index (χ4v) is 2.29. The summed E-state index contributed by atoms with van der Waals surface area (Å²) in [4.78, 5) is 17.7. The molecule has 1 aromatic rings. The van der Waals surface area contributed by atoms with E-state index in [1.807, 2.05) is 18.5 Å². The maximum Gasteiger partial charge on any atom is 0.309 e. The molecule has 2 rings (SSSR count). The zero-order chi connectivity index (χ0) is 13.2. The average Bonchev–Trinajstić information content (AvgIpc) is 2.79. The molecular formula is C12H20N4O2. The Kier molecular flexibility index (Phi) is 3.65. The Hall–Kier alpha value is -1.43. The van der Waals surface area contributed by atoms with Gasteiger partial charge in [0.15, 0.2) is 0 Å². The second-order valence-electron chi connectivity index (χ2n) is 5.13. The van der Waals surface area contributed by atoms with Crippen LogP contribution in [0.15, 0.2) is 6.33 Å². The van der Waals surface area contributed by atoms with Crippen molar-refractivity contribution < 1.29 is 9.90 Å². The monoisotopic (exact) mass is 252 g/mol. The molecule has 0 bridgehead atoms. The van der Waals surface area contributed by atoms with E-state index in [4.69, 9.17) is 0 Å². The molecule has 0 amide bonds. The molecule has 1 N–H and O–H groups in total. The topological polar surface area (TPSA) is 71.2 Å². The van der Waals surface area contributed by atoms with Gasteiger partial charge in [0, 0.05) is 6.54 Å². The van der Waals surface area contributed by atoms with Crippen LogP contribution in [0.3, 0.4) is 0 Å². The van der Waals surface area contributed by atoms with Crippen LogP contribution in [-0.4, -0.2) is 43.8 Å². The van der Waals surface area contributed by atoms with Crippen LogP contribution in [-0.2, 0) is 17.9 Å². The Morgan fingerprint density at radius 2 is 2.17 bits per heavy atom. The van der Waals surface area contributed by atoms with E-state index < -0.39 is 11.4 Å². The van der Waals surface area contributed by atoms with Crippen molar-refractivity contribution in [2.45, 2.75) is 39.8 Å². The molecule has 0 aliphatic carbocycles. The van der Waals surface area contributed by atoms with Gasteiger partial charge in [0.05, 0.1) is 12.0 Å². The number of aliphatic carboxylic acids is 1. The second kappa shape index (κ2) is 5.06. The zero-order valence-corrected chi connectivity index (χ0v) is 11.0. The Balaban J connectivity index is 1.93. The largest absolute Gasteiger partial charge is 0.481 e. The molecule has 0 unspecified atom stereocenters. The lowest BCUT2D eigenvalue weighted by Crippen LogP contribution is -2.42. The minimum atomic E-state index is -0.682. The van der Waals surface area contributed by atoms with E-state index in [1.165, 1.54) is 0 Å². The van der Waals surface area contributed by atoms with E-state index in [0.29, 0.717) is 12.8 Å².